The molecule has 3 rings (SSSR count). The Hall–Kier alpha value is -1.36. The predicted molar refractivity (Wildman–Crippen MR) is 81.7 cm³/mol. The molecular weight excluding hydrogens is 264 g/mol. The van der Waals surface area contributed by atoms with Crippen LogP contribution < -0.4 is 10.6 Å². The quantitative estimate of drug-likeness (QED) is 0.836. The zero-order valence-corrected chi connectivity index (χ0v) is 12.8. The van der Waals surface area contributed by atoms with Gasteiger partial charge in [-0.2, -0.15) is 5.10 Å². The monoisotopic (exact) mass is 290 g/mol. The van der Waals surface area contributed by atoms with Crippen LogP contribution in [0.3, 0.4) is 0 Å². The minimum atomic E-state index is 0.216. The fourth-order valence-electron chi connectivity index (χ4n) is 3.76. The summed E-state index contributed by atoms with van der Waals surface area (Å²) in [6, 6.07) is 3.26. The second kappa shape index (κ2) is 6.60. The van der Waals surface area contributed by atoms with E-state index in [1.54, 1.807) is 6.20 Å². The smallest absolute Gasteiger partial charge is 0.220 e. The van der Waals surface area contributed by atoms with Gasteiger partial charge in [0.1, 0.15) is 0 Å². The Kier molecular flexibility index (Phi) is 4.58. The normalized spacial score (nSPS) is 29.3. The van der Waals surface area contributed by atoms with Crippen molar-refractivity contribution in [2.45, 2.75) is 57.7 Å². The SMILES string of the molecule is CC(CNC(=O)CC1CC2CCC(C1)N2)Cn1cccn1. The van der Waals surface area contributed by atoms with Gasteiger partial charge in [0.2, 0.25) is 5.91 Å². The van der Waals surface area contributed by atoms with Gasteiger partial charge in [0.15, 0.2) is 0 Å². The molecule has 3 unspecified atom stereocenters. The van der Waals surface area contributed by atoms with Gasteiger partial charge < -0.3 is 10.6 Å². The van der Waals surface area contributed by atoms with E-state index in [0.29, 0.717) is 30.3 Å². The summed E-state index contributed by atoms with van der Waals surface area (Å²) in [5, 5.41) is 10.9. The topological polar surface area (TPSA) is 59.0 Å². The van der Waals surface area contributed by atoms with Crippen LogP contribution in [0.1, 0.15) is 39.0 Å². The van der Waals surface area contributed by atoms with E-state index in [2.05, 4.69) is 22.7 Å². The first-order valence-corrected chi connectivity index (χ1v) is 8.19. The van der Waals surface area contributed by atoms with Crippen LogP contribution in [0, 0.1) is 11.8 Å². The zero-order chi connectivity index (χ0) is 14.7. The van der Waals surface area contributed by atoms with Crippen LogP contribution in [0.2, 0.25) is 0 Å². The maximum atomic E-state index is 12.1. The third-order valence-corrected chi connectivity index (χ3v) is 4.75. The van der Waals surface area contributed by atoms with Crippen molar-refractivity contribution < 1.29 is 4.79 Å². The van der Waals surface area contributed by atoms with Crippen LogP contribution in [0.25, 0.3) is 0 Å². The lowest BCUT2D eigenvalue weighted by Crippen LogP contribution is -2.40. The van der Waals surface area contributed by atoms with Gasteiger partial charge in [0.05, 0.1) is 0 Å². The number of nitrogens with one attached hydrogen (secondary N) is 2. The Bertz CT molecular complexity index is 447. The highest BCUT2D eigenvalue weighted by Crippen LogP contribution is 2.32. The van der Waals surface area contributed by atoms with Crippen LogP contribution in [0.4, 0.5) is 0 Å². The summed E-state index contributed by atoms with van der Waals surface area (Å²) >= 11 is 0. The Balaban J connectivity index is 1.36. The van der Waals surface area contributed by atoms with Crippen LogP contribution >= 0.6 is 0 Å². The molecule has 1 amide bonds. The molecule has 2 N–H and O–H groups in total. The highest BCUT2D eigenvalue weighted by Gasteiger charge is 2.34. The van der Waals surface area contributed by atoms with E-state index in [9.17, 15) is 4.79 Å². The lowest BCUT2D eigenvalue weighted by Gasteiger charge is -2.28. The Morgan fingerprint density at radius 3 is 2.86 bits per heavy atom. The van der Waals surface area contributed by atoms with E-state index in [4.69, 9.17) is 0 Å². The van der Waals surface area contributed by atoms with Crippen molar-refractivity contribution >= 4 is 5.91 Å². The Morgan fingerprint density at radius 2 is 2.19 bits per heavy atom. The summed E-state index contributed by atoms with van der Waals surface area (Å²) < 4.78 is 1.92. The fraction of sp³-hybridized carbons (Fsp3) is 0.750. The van der Waals surface area contributed by atoms with Gasteiger partial charge in [-0.15, -0.1) is 0 Å². The number of carbonyl (C=O) groups excluding carboxylic acids is 1. The molecule has 5 heteroatoms. The van der Waals surface area contributed by atoms with E-state index in [0.717, 1.165) is 13.1 Å². The number of aromatic nitrogens is 2. The van der Waals surface area contributed by atoms with Crippen LogP contribution in [0.15, 0.2) is 18.5 Å². The summed E-state index contributed by atoms with van der Waals surface area (Å²) in [5.74, 6) is 1.19. The predicted octanol–water partition coefficient (Wildman–Crippen LogP) is 1.56. The van der Waals surface area contributed by atoms with Gasteiger partial charge in [-0.3, -0.25) is 9.48 Å². The number of carbonyl (C=O) groups is 1. The van der Waals surface area contributed by atoms with Gasteiger partial charge in [-0.05, 0) is 43.6 Å². The standard InChI is InChI=1S/C16H26N4O/c1-12(11-20-6-2-5-18-20)10-17-16(21)9-13-7-14-3-4-15(8-13)19-14/h2,5-6,12-15,19H,3-4,7-11H2,1H3,(H,17,21). The van der Waals surface area contributed by atoms with Crippen molar-refractivity contribution in [2.24, 2.45) is 11.8 Å². The van der Waals surface area contributed by atoms with Crippen molar-refractivity contribution in [1.82, 2.24) is 20.4 Å². The molecule has 3 atom stereocenters. The van der Waals surface area contributed by atoms with E-state index in [-0.39, 0.29) is 5.91 Å². The molecule has 2 aliphatic rings. The molecule has 2 aliphatic heterocycles. The number of hydrogen-bond acceptors (Lipinski definition) is 3. The van der Waals surface area contributed by atoms with Crippen molar-refractivity contribution in [2.75, 3.05) is 6.54 Å². The molecule has 0 aromatic carbocycles. The molecule has 21 heavy (non-hydrogen) atoms. The van der Waals surface area contributed by atoms with E-state index >= 15 is 0 Å². The molecule has 2 saturated heterocycles. The van der Waals surface area contributed by atoms with E-state index < -0.39 is 0 Å². The summed E-state index contributed by atoms with van der Waals surface area (Å²) in [6.07, 6.45) is 9.38. The van der Waals surface area contributed by atoms with Crippen molar-refractivity contribution in [3.8, 4) is 0 Å². The highest BCUT2D eigenvalue weighted by molar-refractivity contribution is 5.76. The number of hydrogen-bond donors (Lipinski definition) is 2. The molecule has 2 bridgehead atoms. The van der Waals surface area contributed by atoms with Crippen molar-refractivity contribution in [3.63, 3.8) is 0 Å². The Morgan fingerprint density at radius 1 is 1.43 bits per heavy atom. The van der Waals surface area contributed by atoms with Gasteiger partial charge in [-0.25, -0.2) is 0 Å². The number of fused-ring (bicyclic) bond motifs is 2. The number of nitrogens with zero attached hydrogens (tertiary/aromatic N) is 2. The Labute approximate surface area is 126 Å². The first-order valence-electron chi connectivity index (χ1n) is 8.19. The molecule has 0 radical (unpaired) electrons. The first kappa shape index (κ1) is 14.6. The fourth-order valence-corrected chi connectivity index (χ4v) is 3.76. The third-order valence-electron chi connectivity index (χ3n) is 4.75. The highest BCUT2D eigenvalue weighted by atomic mass is 16.1. The third kappa shape index (κ3) is 4.06. The average Bonchev–Trinajstić information content (AvgIpc) is 3.06. The van der Waals surface area contributed by atoms with Crippen LogP contribution in [-0.2, 0) is 11.3 Å². The molecule has 2 fully saturated rings. The molecule has 1 aromatic heterocycles. The maximum absolute atomic E-state index is 12.1. The lowest BCUT2D eigenvalue weighted by atomic mass is 9.89. The molecule has 0 aliphatic carbocycles. The second-order valence-corrected chi connectivity index (χ2v) is 6.82. The molecule has 0 saturated carbocycles. The largest absolute Gasteiger partial charge is 0.356 e. The van der Waals surface area contributed by atoms with Crippen molar-refractivity contribution in [1.29, 1.82) is 0 Å². The molecular formula is C16H26N4O. The molecule has 3 heterocycles. The van der Waals surface area contributed by atoms with Gasteiger partial charge in [-0.1, -0.05) is 6.92 Å². The van der Waals surface area contributed by atoms with E-state index in [1.807, 2.05) is 16.9 Å². The molecule has 5 nitrogen and oxygen atoms in total. The summed E-state index contributed by atoms with van der Waals surface area (Å²) in [5.41, 5.74) is 0. The minimum absolute atomic E-state index is 0.216. The summed E-state index contributed by atoms with van der Waals surface area (Å²) in [4.78, 5) is 12.1. The van der Waals surface area contributed by atoms with Crippen LogP contribution in [0.5, 0.6) is 0 Å². The average molecular weight is 290 g/mol. The second-order valence-electron chi connectivity index (χ2n) is 6.82. The zero-order valence-electron chi connectivity index (χ0n) is 12.8. The minimum Gasteiger partial charge on any atom is -0.356 e. The number of amides is 1. The summed E-state index contributed by atoms with van der Waals surface area (Å²) in [6.45, 7) is 3.73. The molecule has 116 valence electrons. The van der Waals surface area contributed by atoms with Crippen LogP contribution in [-0.4, -0.2) is 34.3 Å². The molecule has 0 spiro atoms. The lowest BCUT2D eigenvalue weighted by molar-refractivity contribution is -0.122. The van der Waals surface area contributed by atoms with Gasteiger partial charge in [0, 0.05) is 44.0 Å². The van der Waals surface area contributed by atoms with Gasteiger partial charge in [0.25, 0.3) is 0 Å². The number of piperidine rings is 1. The summed E-state index contributed by atoms with van der Waals surface area (Å²) in [7, 11) is 0. The number of rotatable bonds is 6. The van der Waals surface area contributed by atoms with E-state index in [1.165, 1.54) is 25.7 Å². The first-order chi connectivity index (χ1) is 10.2. The van der Waals surface area contributed by atoms with Gasteiger partial charge >= 0.3 is 0 Å². The van der Waals surface area contributed by atoms with Crippen molar-refractivity contribution in [3.05, 3.63) is 18.5 Å². The molecule has 1 aromatic rings. The maximum Gasteiger partial charge on any atom is 0.220 e.